The summed E-state index contributed by atoms with van der Waals surface area (Å²) in [6, 6.07) is 11.2. The normalized spacial score (nSPS) is 16.0. The first-order valence-corrected chi connectivity index (χ1v) is 11.3. The van der Waals surface area contributed by atoms with Crippen molar-refractivity contribution in [2.75, 3.05) is 18.5 Å². The van der Waals surface area contributed by atoms with E-state index in [0.29, 0.717) is 30.4 Å². The second kappa shape index (κ2) is 8.81. The van der Waals surface area contributed by atoms with Gasteiger partial charge < -0.3 is 14.5 Å². The molecule has 1 aliphatic rings. The average molecular weight is 417 g/mol. The van der Waals surface area contributed by atoms with Crippen LogP contribution in [0.5, 0.6) is 0 Å². The third-order valence-corrected chi connectivity index (χ3v) is 7.26. The Labute approximate surface area is 169 Å². The van der Waals surface area contributed by atoms with Crippen LogP contribution in [0.3, 0.4) is 0 Å². The van der Waals surface area contributed by atoms with Gasteiger partial charge in [0.15, 0.2) is 17.8 Å². The summed E-state index contributed by atoms with van der Waals surface area (Å²) in [5, 5.41) is 4.96. The number of hydrogen-bond acceptors (Lipinski definition) is 6. The fraction of sp³-hybridized carbons (Fsp3) is 0.300. The standard InChI is InChI=1S/C20H20N2O4S2/c23-20(18-19(26-13-21-18)17-5-2-10-27-17)22-15-4-1-3-14(11-15)12-28(24)16-6-8-25-9-7-16/h1-5,10-11,13,16H,6-9,12H2,(H,22,23). The molecule has 1 saturated heterocycles. The Morgan fingerprint density at radius 2 is 2.11 bits per heavy atom. The Balaban J connectivity index is 1.44. The van der Waals surface area contributed by atoms with Gasteiger partial charge in [-0.2, -0.15) is 0 Å². The number of carbonyl (C=O) groups excluding carboxylic acids is 1. The van der Waals surface area contributed by atoms with Crippen LogP contribution in [0.2, 0.25) is 0 Å². The quantitative estimate of drug-likeness (QED) is 0.655. The molecule has 3 heterocycles. The Morgan fingerprint density at radius 3 is 2.89 bits per heavy atom. The number of rotatable bonds is 6. The maximum atomic E-state index is 12.7. The molecule has 8 heteroatoms. The van der Waals surface area contributed by atoms with Crippen LogP contribution in [0.25, 0.3) is 10.6 Å². The van der Waals surface area contributed by atoms with Crippen LogP contribution in [0.1, 0.15) is 28.9 Å². The predicted octanol–water partition coefficient (Wildman–Crippen LogP) is 4.08. The Kier molecular flexibility index (Phi) is 5.99. The largest absolute Gasteiger partial charge is 0.442 e. The summed E-state index contributed by atoms with van der Waals surface area (Å²) in [7, 11) is -0.951. The summed E-state index contributed by atoms with van der Waals surface area (Å²) in [4.78, 5) is 17.6. The molecule has 146 valence electrons. The minimum absolute atomic E-state index is 0.176. The Bertz CT molecular complexity index is 962. The van der Waals surface area contributed by atoms with Gasteiger partial charge in [0, 0.05) is 40.7 Å². The number of anilines is 1. The van der Waals surface area contributed by atoms with Crippen molar-refractivity contribution < 1.29 is 18.2 Å². The van der Waals surface area contributed by atoms with Crippen LogP contribution in [0.15, 0.2) is 52.6 Å². The number of amides is 1. The molecule has 6 nitrogen and oxygen atoms in total. The highest BCUT2D eigenvalue weighted by Crippen LogP contribution is 2.28. The molecule has 1 atom stereocenters. The van der Waals surface area contributed by atoms with Gasteiger partial charge in [-0.15, -0.1) is 11.3 Å². The molecule has 1 unspecified atom stereocenters. The fourth-order valence-corrected chi connectivity index (χ4v) is 5.32. The van der Waals surface area contributed by atoms with Crippen molar-refractivity contribution in [1.82, 2.24) is 4.98 Å². The van der Waals surface area contributed by atoms with E-state index in [-0.39, 0.29) is 16.9 Å². The molecule has 1 fully saturated rings. The summed E-state index contributed by atoms with van der Waals surface area (Å²) in [6.07, 6.45) is 2.94. The molecule has 1 N–H and O–H groups in total. The van der Waals surface area contributed by atoms with Gasteiger partial charge in [-0.05, 0) is 42.0 Å². The number of aromatic nitrogens is 1. The van der Waals surface area contributed by atoms with Gasteiger partial charge in [0.2, 0.25) is 0 Å². The summed E-state index contributed by atoms with van der Waals surface area (Å²) in [5.74, 6) is 0.600. The van der Waals surface area contributed by atoms with Crippen molar-refractivity contribution in [3.05, 3.63) is 59.4 Å². The smallest absolute Gasteiger partial charge is 0.278 e. The van der Waals surface area contributed by atoms with E-state index in [0.717, 1.165) is 23.3 Å². The van der Waals surface area contributed by atoms with E-state index in [2.05, 4.69) is 10.3 Å². The summed E-state index contributed by atoms with van der Waals surface area (Å²) < 4.78 is 23.4. The second-order valence-electron chi connectivity index (χ2n) is 6.50. The SMILES string of the molecule is O=C(Nc1cccc(CS(=O)C2CCOCC2)c1)c1ncoc1-c1cccs1. The van der Waals surface area contributed by atoms with E-state index in [1.54, 1.807) is 0 Å². The fourth-order valence-electron chi connectivity index (χ4n) is 3.14. The third kappa shape index (κ3) is 4.40. The van der Waals surface area contributed by atoms with Crippen LogP contribution < -0.4 is 5.32 Å². The number of nitrogens with zero attached hydrogens (tertiary/aromatic N) is 1. The first-order valence-electron chi connectivity index (χ1n) is 9.03. The first kappa shape index (κ1) is 19.0. The predicted molar refractivity (Wildman–Crippen MR) is 110 cm³/mol. The number of carbonyl (C=O) groups is 1. The van der Waals surface area contributed by atoms with Gasteiger partial charge in [0.1, 0.15) is 0 Å². The highest BCUT2D eigenvalue weighted by Gasteiger charge is 2.21. The second-order valence-corrected chi connectivity index (χ2v) is 9.16. The highest BCUT2D eigenvalue weighted by molar-refractivity contribution is 7.84. The molecule has 28 heavy (non-hydrogen) atoms. The minimum atomic E-state index is -0.951. The molecular formula is C20H20N2O4S2. The van der Waals surface area contributed by atoms with Gasteiger partial charge in [0.05, 0.1) is 4.88 Å². The van der Waals surface area contributed by atoms with Gasteiger partial charge in [-0.3, -0.25) is 9.00 Å². The summed E-state index contributed by atoms with van der Waals surface area (Å²) in [5.41, 5.74) is 1.83. The molecule has 0 aliphatic carbocycles. The van der Waals surface area contributed by atoms with E-state index >= 15 is 0 Å². The molecule has 0 spiro atoms. The zero-order chi connectivity index (χ0) is 19.3. The van der Waals surface area contributed by atoms with Crippen LogP contribution in [-0.2, 0) is 21.3 Å². The topological polar surface area (TPSA) is 81.4 Å². The maximum absolute atomic E-state index is 12.7. The molecular weight excluding hydrogens is 396 g/mol. The van der Waals surface area contributed by atoms with Gasteiger partial charge >= 0.3 is 0 Å². The monoisotopic (exact) mass is 416 g/mol. The van der Waals surface area contributed by atoms with Crippen molar-refractivity contribution >= 4 is 33.7 Å². The third-order valence-electron chi connectivity index (χ3n) is 4.56. The van der Waals surface area contributed by atoms with Crippen molar-refractivity contribution in [1.29, 1.82) is 0 Å². The molecule has 4 rings (SSSR count). The van der Waals surface area contributed by atoms with E-state index in [9.17, 15) is 9.00 Å². The highest BCUT2D eigenvalue weighted by atomic mass is 32.2. The van der Waals surface area contributed by atoms with Crippen molar-refractivity contribution in [2.24, 2.45) is 0 Å². The van der Waals surface area contributed by atoms with Crippen LogP contribution in [0.4, 0.5) is 5.69 Å². The van der Waals surface area contributed by atoms with Gasteiger partial charge in [-0.1, -0.05) is 18.2 Å². The molecule has 1 amide bonds. The average Bonchev–Trinajstić information content (AvgIpc) is 3.40. The lowest BCUT2D eigenvalue weighted by Crippen LogP contribution is -2.25. The number of ether oxygens (including phenoxy) is 1. The zero-order valence-electron chi connectivity index (χ0n) is 15.1. The van der Waals surface area contributed by atoms with E-state index in [1.807, 2.05) is 41.8 Å². The number of oxazole rings is 1. The maximum Gasteiger partial charge on any atom is 0.278 e. The number of benzene rings is 1. The van der Waals surface area contributed by atoms with Gasteiger partial charge in [0.25, 0.3) is 5.91 Å². The lowest BCUT2D eigenvalue weighted by molar-refractivity contribution is 0.0991. The molecule has 0 bridgehead atoms. The van der Waals surface area contributed by atoms with Crippen molar-refractivity contribution in [3.63, 3.8) is 0 Å². The van der Waals surface area contributed by atoms with Crippen molar-refractivity contribution in [3.8, 4) is 10.6 Å². The molecule has 0 radical (unpaired) electrons. The van der Waals surface area contributed by atoms with Crippen LogP contribution in [-0.4, -0.2) is 33.6 Å². The summed E-state index contributed by atoms with van der Waals surface area (Å²) in [6.45, 7) is 1.35. The molecule has 3 aromatic rings. The lowest BCUT2D eigenvalue weighted by Gasteiger charge is -2.21. The molecule has 0 saturated carbocycles. The Morgan fingerprint density at radius 1 is 1.25 bits per heavy atom. The van der Waals surface area contributed by atoms with E-state index in [4.69, 9.17) is 9.15 Å². The van der Waals surface area contributed by atoms with Crippen LogP contribution in [0, 0.1) is 0 Å². The number of thiophene rings is 1. The van der Waals surface area contributed by atoms with Crippen molar-refractivity contribution in [2.45, 2.75) is 23.8 Å². The Hall–Kier alpha value is -2.29. The van der Waals surface area contributed by atoms with E-state index < -0.39 is 10.8 Å². The van der Waals surface area contributed by atoms with E-state index in [1.165, 1.54) is 17.7 Å². The number of hydrogen-bond donors (Lipinski definition) is 1. The first-order chi connectivity index (χ1) is 13.7. The molecule has 1 aliphatic heterocycles. The molecule has 1 aromatic carbocycles. The van der Waals surface area contributed by atoms with Crippen LogP contribution >= 0.6 is 11.3 Å². The molecule has 2 aromatic heterocycles. The number of nitrogens with one attached hydrogen (secondary N) is 1. The zero-order valence-corrected chi connectivity index (χ0v) is 16.8. The minimum Gasteiger partial charge on any atom is -0.442 e. The lowest BCUT2D eigenvalue weighted by atomic mass is 10.2. The van der Waals surface area contributed by atoms with Gasteiger partial charge in [-0.25, -0.2) is 4.98 Å². The summed E-state index contributed by atoms with van der Waals surface area (Å²) >= 11 is 1.48.